The average molecular weight is 412 g/mol. The summed E-state index contributed by atoms with van der Waals surface area (Å²) in [7, 11) is 0. The lowest BCUT2D eigenvalue weighted by Crippen LogP contribution is -2.36. The fourth-order valence-corrected chi connectivity index (χ4v) is 4.42. The van der Waals surface area contributed by atoms with Gasteiger partial charge in [-0.3, -0.25) is 0 Å². The van der Waals surface area contributed by atoms with Gasteiger partial charge in [-0.1, -0.05) is 55.8 Å². The molecule has 0 aliphatic carbocycles. The molecule has 0 fully saturated rings. The van der Waals surface area contributed by atoms with Crippen LogP contribution in [0.5, 0.6) is 0 Å². The molecule has 31 heavy (non-hydrogen) atoms. The Morgan fingerprint density at radius 1 is 1.16 bits per heavy atom. The topological polar surface area (TPSA) is 59.6 Å². The molecule has 2 heterocycles. The molecule has 158 valence electrons. The molecule has 2 aromatic rings. The lowest BCUT2D eigenvalue weighted by molar-refractivity contribution is 0.109. The molecule has 0 saturated carbocycles. The molecule has 4 nitrogen and oxygen atoms in total. The van der Waals surface area contributed by atoms with E-state index in [9.17, 15) is 10.4 Å². The van der Waals surface area contributed by atoms with Crippen molar-refractivity contribution in [1.82, 2.24) is 4.90 Å². The van der Waals surface area contributed by atoms with Crippen LogP contribution >= 0.6 is 0 Å². The van der Waals surface area contributed by atoms with Gasteiger partial charge in [0, 0.05) is 23.4 Å². The third-order valence-electron chi connectivity index (χ3n) is 6.02. The third-order valence-corrected chi connectivity index (χ3v) is 6.02. The molecular weight excluding hydrogens is 382 g/mol. The molecule has 2 aliphatic heterocycles. The van der Waals surface area contributed by atoms with Crippen molar-refractivity contribution in [3.8, 4) is 17.2 Å². The molecule has 2 aromatic carbocycles. The molecule has 0 aromatic heterocycles. The maximum Gasteiger partial charge on any atom is 0.106 e. The predicted molar refractivity (Wildman–Crippen MR) is 125 cm³/mol. The second kappa shape index (κ2) is 8.53. The predicted octanol–water partition coefficient (Wildman–Crippen LogP) is 5.59. The Kier molecular flexibility index (Phi) is 5.80. The highest BCUT2D eigenvalue weighted by Gasteiger charge is 2.37. The van der Waals surface area contributed by atoms with Crippen LogP contribution in [0.4, 0.5) is 0 Å². The zero-order valence-electron chi connectivity index (χ0n) is 18.5. The van der Waals surface area contributed by atoms with Crippen LogP contribution in [0.3, 0.4) is 0 Å². The first-order valence-electron chi connectivity index (χ1n) is 11.0. The van der Waals surface area contributed by atoms with Crippen molar-refractivity contribution in [2.45, 2.75) is 52.1 Å². The molecule has 4 rings (SSSR count). The molecule has 0 amide bonds. The number of nitrogens with zero attached hydrogens (tertiary/aromatic N) is 3. The second-order valence-corrected chi connectivity index (χ2v) is 8.69. The van der Waals surface area contributed by atoms with Crippen molar-refractivity contribution in [1.29, 1.82) is 5.26 Å². The Balaban J connectivity index is 1.68. The molecule has 4 heteroatoms. The van der Waals surface area contributed by atoms with Crippen LogP contribution in [0.15, 0.2) is 76.6 Å². The zero-order valence-corrected chi connectivity index (χ0v) is 18.5. The molecule has 0 bridgehead atoms. The smallest absolute Gasteiger partial charge is 0.106 e. The van der Waals surface area contributed by atoms with Gasteiger partial charge < -0.3 is 10.0 Å². The van der Waals surface area contributed by atoms with Crippen molar-refractivity contribution >= 4 is 5.84 Å². The van der Waals surface area contributed by atoms with Gasteiger partial charge >= 0.3 is 0 Å². The number of hydrogen-bond donors (Lipinski definition) is 1. The SMILES string of the molecule is CCCCC1=C(Cc2ccc(-c3ccccc3C#N)cc2)C2=CC(C)(O)CN2C(C)=N1. The van der Waals surface area contributed by atoms with Crippen molar-refractivity contribution in [2.75, 3.05) is 6.54 Å². The largest absolute Gasteiger partial charge is 0.384 e. The van der Waals surface area contributed by atoms with Gasteiger partial charge in [0.15, 0.2) is 0 Å². The van der Waals surface area contributed by atoms with E-state index in [1.807, 2.05) is 44.2 Å². The highest BCUT2D eigenvalue weighted by atomic mass is 16.3. The van der Waals surface area contributed by atoms with Crippen LogP contribution in [-0.4, -0.2) is 28.0 Å². The standard InChI is InChI=1S/C27H29N3O/c1-4-5-10-25-24(26-16-27(3,31)18-30(26)19(2)29-25)15-20-11-13-21(14-12-20)23-9-7-6-8-22(23)17-28/h6-9,11-14,16,31H,4-5,10,15,18H2,1-3H3. The lowest BCUT2D eigenvalue weighted by Gasteiger charge is -2.30. The maximum atomic E-state index is 10.7. The van der Waals surface area contributed by atoms with Gasteiger partial charge in [0.05, 0.1) is 18.2 Å². The monoisotopic (exact) mass is 411 g/mol. The molecule has 0 saturated heterocycles. The minimum atomic E-state index is -0.845. The van der Waals surface area contributed by atoms with Gasteiger partial charge in [0.2, 0.25) is 0 Å². The van der Waals surface area contributed by atoms with Gasteiger partial charge in [0.25, 0.3) is 0 Å². The summed E-state index contributed by atoms with van der Waals surface area (Å²) < 4.78 is 0. The Bertz CT molecular complexity index is 1110. The third kappa shape index (κ3) is 4.33. The number of aliphatic imine (C=N–C) groups is 1. The van der Waals surface area contributed by atoms with Crippen LogP contribution < -0.4 is 0 Å². The molecule has 1 atom stereocenters. The number of unbranched alkanes of at least 4 members (excludes halogenated alkanes) is 1. The summed E-state index contributed by atoms with van der Waals surface area (Å²) in [5, 5.41) is 20.1. The minimum absolute atomic E-state index is 0.548. The summed E-state index contributed by atoms with van der Waals surface area (Å²) in [4.78, 5) is 7.07. The van der Waals surface area contributed by atoms with Crippen LogP contribution in [0, 0.1) is 11.3 Å². The molecular formula is C27H29N3O. The Morgan fingerprint density at radius 3 is 2.61 bits per heavy atom. The minimum Gasteiger partial charge on any atom is -0.384 e. The van der Waals surface area contributed by atoms with E-state index in [4.69, 9.17) is 4.99 Å². The maximum absolute atomic E-state index is 10.7. The molecule has 2 aliphatic rings. The van der Waals surface area contributed by atoms with Gasteiger partial charge in [0.1, 0.15) is 11.4 Å². The van der Waals surface area contributed by atoms with E-state index in [0.29, 0.717) is 12.1 Å². The van der Waals surface area contributed by atoms with Crippen molar-refractivity contribution in [2.24, 2.45) is 4.99 Å². The summed E-state index contributed by atoms with van der Waals surface area (Å²) in [5.41, 5.74) is 6.49. The first-order chi connectivity index (χ1) is 14.9. The van der Waals surface area contributed by atoms with E-state index >= 15 is 0 Å². The molecule has 0 spiro atoms. The first-order valence-corrected chi connectivity index (χ1v) is 11.0. The molecule has 0 radical (unpaired) electrons. The van der Waals surface area contributed by atoms with Crippen LogP contribution in [0.2, 0.25) is 0 Å². The fourth-order valence-electron chi connectivity index (χ4n) is 4.42. The quantitative estimate of drug-likeness (QED) is 0.674. The fraction of sp³-hybridized carbons (Fsp3) is 0.333. The summed E-state index contributed by atoms with van der Waals surface area (Å²) in [6.45, 7) is 6.63. The van der Waals surface area contributed by atoms with E-state index in [2.05, 4.69) is 42.2 Å². The first kappa shape index (κ1) is 21.1. The van der Waals surface area contributed by atoms with E-state index < -0.39 is 5.60 Å². The number of fused-ring (bicyclic) bond motifs is 1. The van der Waals surface area contributed by atoms with Crippen LogP contribution in [0.1, 0.15) is 51.2 Å². The molecule has 1 unspecified atom stereocenters. The Hall–Kier alpha value is -3.16. The van der Waals surface area contributed by atoms with E-state index in [1.54, 1.807) is 0 Å². The number of benzene rings is 2. The number of aliphatic hydroxyl groups is 1. The van der Waals surface area contributed by atoms with Crippen molar-refractivity contribution in [3.05, 3.63) is 82.7 Å². The van der Waals surface area contributed by atoms with Gasteiger partial charge in [-0.15, -0.1) is 0 Å². The zero-order chi connectivity index (χ0) is 22.0. The Labute approximate surface area is 184 Å². The Morgan fingerprint density at radius 2 is 1.90 bits per heavy atom. The van der Waals surface area contributed by atoms with Crippen LogP contribution in [-0.2, 0) is 6.42 Å². The summed E-state index contributed by atoms with van der Waals surface area (Å²) in [6.07, 6.45) is 5.94. The highest BCUT2D eigenvalue weighted by Crippen LogP contribution is 2.37. The van der Waals surface area contributed by atoms with Gasteiger partial charge in [-0.05, 0) is 55.5 Å². The van der Waals surface area contributed by atoms with E-state index in [-0.39, 0.29) is 0 Å². The van der Waals surface area contributed by atoms with Crippen molar-refractivity contribution < 1.29 is 5.11 Å². The van der Waals surface area contributed by atoms with Crippen LogP contribution in [0.25, 0.3) is 11.1 Å². The summed E-state index contributed by atoms with van der Waals surface area (Å²) in [6, 6.07) is 18.4. The van der Waals surface area contributed by atoms with E-state index in [1.165, 1.54) is 11.1 Å². The second-order valence-electron chi connectivity index (χ2n) is 8.69. The van der Waals surface area contributed by atoms with Crippen molar-refractivity contribution in [3.63, 3.8) is 0 Å². The summed E-state index contributed by atoms with van der Waals surface area (Å²) in [5.74, 6) is 0.960. The van der Waals surface area contributed by atoms with Gasteiger partial charge in [-0.25, -0.2) is 4.99 Å². The highest BCUT2D eigenvalue weighted by molar-refractivity contribution is 5.86. The lowest BCUT2D eigenvalue weighted by atomic mass is 9.94. The number of hydrogen-bond acceptors (Lipinski definition) is 4. The average Bonchev–Trinajstić information content (AvgIpc) is 3.11. The number of nitriles is 1. The normalized spacial score (nSPS) is 20.3. The van der Waals surface area contributed by atoms with E-state index in [0.717, 1.165) is 54.0 Å². The number of rotatable bonds is 6. The summed E-state index contributed by atoms with van der Waals surface area (Å²) >= 11 is 0. The molecule has 1 N–H and O–H groups in total. The number of amidine groups is 1. The van der Waals surface area contributed by atoms with Gasteiger partial charge in [-0.2, -0.15) is 5.26 Å². The number of allylic oxidation sites excluding steroid dienone is 2.